The van der Waals surface area contributed by atoms with E-state index < -0.39 is 10.4 Å². The Balaban J connectivity index is 0.000000366. The van der Waals surface area contributed by atoms with Crippen molar-refractivity contribution in [3.63, 3.8) is 0 Å². The van der Waals surface area contributed by atoms with Crippen LogP contribution in [0.5, 0.6) is 0 Å². The van der Waals surface area contributed by atoms with E-state index >= 15 is 0 Å². The summed E-state index contributed by atoms with van der Waals surface area (Å²) in [5, 5.41) is 0. The highest BCUT2D eigenvalue weighted by molar-refractivity contribution is 7.80. The van der Waals surface area contributed by atoms with Gasteiger partial charge >= 0.3 is 0 Å². The van der Waals surface area contributed by atoms with Gasteiger partial charge in [0.1, 0.15) is 12.4 Å². The Labute approximate surface area is 103 Å². The molecule has 1 rings (SSSR count). The van der Waals surface area contributed by atoms with Crippen LogP contribution in [0.15, 0.2) is 18.7 Å². The van der Waals surface area contributed by atoms with Crippen LogP contribution >= 0.6 is 0 Å². The van der Waals surface area contributed by atoms with Crippen LogP contribution in [0.2, 0.25) is 0 Å². The van der Waals surface area contributed by atoms with Crippen molar-refractivity contribution >= 4 is 10.4 Å². The van der Waals surface area contributed by atoms with E-state index in [1.165, 1.54) is 19.3 Å². The Morgan fingerprint density at radius 3 is 2.35 bits per heavy atom. The lowest BCUT2D eigenvalue weighted by Crippen LogP contribution is -2.23. The van der Waals surface area contributed by atoms with Gasteiger partial charge in [0, 0.05) is 0 Å². The van der Waals surface area contributed by atoms with Crippen LogP contribution in [0.4, 0.5) is 0 Å². The van der Waals surface area contributed by atoms with Gasteiger partial charge < -0.3 is 4.55 Å². The number of aryl methyl sites for hydroxylation is 2. The molecule has 0 aromatic carbocycles. The van der Waals surface area contributed by atoms with Gasteiger partial charge in [-0.25, -0.2) is 17.6 Å². The molecular weight excluding hydrogens is 244 g/mol. The number of nitrogens with zero attached hydrogens (tertiary/aromatic N) is 2. The summed E-state index contributed by atoms with van der Waals surface area (Å²) in [4.78, 5) is 0. The van der Waals surface area contributed by atoms with E-state index in [2.05, 4.69) is 46.0 Å². The third-order valence-electron chi connectivity index (χ3n) is 2.05. The highest BCUT2D eigenvalue weighted by Crippen LogP contribution is 1.96. The molecule has 1 aromatic heterocycles. The molecule has 0 spiro atoms. The fourth-order valence-electron chi connectivity index (χ4n) is 1.18. The zero-order valence-corrected chi connectivity index (χ0v) is 11.3. The van der Waals surface area contributed by atoms with Crippen molar-refractivity contribution in [1.82, 2.24) is 4.57 Å². The molecule has 7 heteroatoms. The van der Waals surface area contributed by atoms with Crippen molar-refractivity contribution in [2.75, 3.05) is 7.11 Å². The molecule has 100 valence electrons. The Bertz CT molecular complexity index is 400. The first-order valence-electron chi connectivity index (χ1n) is 5.41. The maximum atomic E-state index is 9.22. The van der Waals surface area contributed by atoms with E-state index in [0.29, 0.717) is 0 Å². The van der Waals surface area contributed by atoms with E-state index in [0.717, 1.165) is 13.7 Å². The zero-order valence-electron chi connectivity index (χ0n) is 10.5. The Hall–Kier alpha value is -0.920. The van der Waals surface area contributed by atoms with Gasteiger partial charge in [0.2, 0.25) is 16.7 Å². The van der Waals surface area contributed by atoms with Crippen LogP contribution < -0.4 is 4.57 Å². The number of unbranched alkanes of at least 4 members (excludes halogenated alkanes) is 2. The van der Waals surface area contributed by atoms with Crippen molar-refractivity contribution in [3.05, 3.63) is 18.7 Å². The fourth-order valence-corrected chi connectivity index (χ4v) is 1.18. The summed E-state index contributed by atoms with van der Waals surface area (Å²) in [5.41, 5.74) is 0. The minimum Gasteiger partial charge on any atom is -0.726 e. The summed E-state index contributed by atoms with van der Waals surface area (Å²) in [5.74, 6) is 0. The third kappa shape index (κ3) is 9.98. The minimum absolute atomic E-state index is 0.808. The molecule has 0 saturated heterocycles. The van der Waals surface area contributed by atoms with Gasteiger partial charge in [-0.1, -0.05) is 13.3 Å². The molecular formula is C10H20N2O4S. The molecule has 0 bridgehead atoms. The lowest BCUT2D eigenvalue weighted by atomic mass is 10.2. The highest BCUT2D eigenvalue weighted by atomic mass is 32.3. The third-order valence-corrected chi connectivity index (χ3v) is 2.46. The second-order valence-electron chi connectivity index (χ2n) is 3.60. The Kier molecular flexibility index (Phi) is 7.77. The molecule has 0 saturated carbocycles. The molecule has 6 nitrogen and oxygen atoms in total. The van der Waals surface area contributed by atoms with Crippen molar-refractivity contribution in [2.24, 2.45) is 7.05 Å². The summed E-state index contributed by atoms with van der Waals surface area (Å²) in [6, 6.07) is 0. The van der Waals surface area contributed by atoms with Gasteiger partial charge in [0.05, 0.1) is 20.7 Å². The van der Waals surface area contributed by atoms with Crippen LogP contribution in [0.1, 0.15) is 26.2 Å². The second-order valence-corrected chi connectivity index (χ2v) is 4.75. The molecule has 1 heterocycles. The normalized spacial score (nSPS) is 10.8. The van der Waals surface area contributed by atoms with Gasteiger partial charge in [-0.2, -0.15) is 0 Å². The lowest BCUT2D eigenvalue weighted by Gasteiger charge is -1.98. The summed E-state index contributed by atoms with van der Waals surface area (Å²) >= 11 is 0. The van der Waals surface area contributed by atoms with Crippen molar-refractivity contribution in [3.8, 4) is 0 Å². The van der Waals surface area contributed by atoms with Gasteiger partial charge in [-0.05, 0) is 12.8 Å². The van der Waals surface area contributed by atoms with Crippen molar-refractivity contribution in [1.29, 1.82) is 0 Å². The first kappa shape index (κ1) is 16.1. The van der Waals surface area contributed by atoms with E-state index in [9.17, 15) is 13.0 Å². The quantitative estimate of drug-likeness (QED) is 0.338. The lowest BCUT2D eigenvalue weighted by molar-refractivity contribution is -0.671. The molecule has 0 N–H and O–H groups in total. The van der Waals surface area contributed by atoms with E-state index in [1.54, 1.807) is 0 Å². The fraction of sp³-hybridized carbons (Fsp3) is 0.700. The average Bonchev–Trinajstić information content (AvgIpc) is 2.65. The molecule has 1 aromatic rings. The highest BCUT2D eigenvalue weighted by Gasteiger charge is 1.97. The molecule has 0 aliphatic carbocycles. The topological polar surface area (TPSA) is 75.2 Å². The standard InChI is InChI=1S/C9H17N2.CH4O4S/c1-3-4-5-6-11-8-7-10(2)9-11;1-5-6(2,3)4/h7-9H,3-6H2,1-2H3;1H3,(H,2,3,4)/q+1;/p-1. The smallest absolute Gasteiger partial charge is 0.243 e. The molecule has 0 aliphatic heterocycles. The van der Waals surface area contributed by atoms with Crippen LogP contribution in [0.25, 0.3) is 0 Å². The van der Waals surface area contributed by atoms with E-state index in [-0.39, 0.29) is 0 Å². The molecule has 0 aliphatic rings. The largest absolute Gasteiger partial charge is 0.726 e. The first-order chi connectivity index (χ1) is 7.89. The second kappa shape index (κ2) is 8.21. The zero-order chi connectivity index (χ0) is 13.3. The van der Waals surface area contributed by atoms with Gasteiger partial charge in [0.25, 0.3) is 0 Å². The number of imidazole rings is 1. The molecule has 0 amide bonds. The van der Waals surface area contributed by atoms with Crippen LogP contribution in [-0.2, 0) is 28.2 Å². The average molecular weight is 264 g/mol. The summed E-state index contributed by atoms with van der Waals surface area (Å²) in [6.45, 7) is 3.39. The van der Waals surface area contributed by atoms with E-state index in [1.807, 2.05) is 0 Å². The van der Waals surface area contributed by atoms with Crippen molar-refractivity contribution < 1.29 is 21.7 Å². The number of hydrogen-bond acceptors (Lipinski definition) is 4. The predicted molar refractivity (Wildman–Crippen MR) is 61.8 cm³/mol. The van der Waals surface area contributed by atoms with Gasteiger partial charge in [0.15, 0.2) is 0 Å². The summed E-state index contributed by atoms with van der Waals surface area (Å²) in [7, 11) is -1.55. The summed E-state index contributed by atoms with van der Waals surface area (Å²) < 4.78 is 35.3. The van der Waals surface area contributed by atoms with E-state index in [4.69, 9.17) is 0 Å². The van der Waals surface area contributed by atoms with Gasteiger partial charge in [-0.3, -0.25) is 4.18 Å². The molecule has 0 unspecified atom stereocenters. The van der Waals surface area contributed by atoms with Gasteiger partial charge in [-0.15, -0.1) is 0 Å². The van der Waals surface area contributed by atoms with Crippen LogP contribution in [0.3, 0.4) is 0 Å². The number of hydrogen-bond donors (Lipinski definition) is 0. The van der Waals surface area contributed by atoms with Crippen molar-refractivity contribution in [2.45, 2.75) is 32.7 Å². The molecule has 17 heavy (non-hydrogen) atoms. The molecule has 0 fully saturated rings. The maximum absolute atomic E-state index is 9.22. The van der Waals surface area contributed by atoms with Crippen LogP contribution in [0, 0.1) is 0 Å². The Morgan fingerprint density at radius 2 is 2.00 bits per heavy atom. The van der Waals surface area contributed by atoms with Crippen LogP contribution in [-0.4, -0.2) is 24.6 Å². The predicted octanol–water partition coefficient (Wildman–Crippen LogP) is 0.596. The number of rotatable bonds is 5. The monoisotopic (exact) mass is 264 g/mol. The minimum atomic E-state index is -4.41. The first-order valence-corrected chi connectivity index (χ1v) is 6.74. The summed E-state index contributed by atoms with van der Waals surface area (Å²) in [6.07, 6.45) is 10.2. The molecule has 0 radical (unpaired) electrons. The molecule has 0 atom stereocenters. The SMILES string of the molecule is CCCCCn1cc[n+](C)c1.COS(=O)(=O)[O-]. The number of aromatic nitrogens is 2. The Morgan fingerprint density at radius 1 is 1.41 bits per heavy atom. The maximum Gasteiger partial charge on any atom is 0.243 e.